The molecule has 0 unspecified atom stereocenters. The van der Waals surface area contributed by atoms with Crippen LogP contribution in [0.1, 0.15) is 15.4 Å². The number of carbonyl (C=O) groups is 2. The number of aromatic nitrogens is 1. The standard InChI is InChI=1S/C18H16N4O2S/c1-12-15(16(23)20-13-8-4-2-5-9-13)25-18(19-12)22-17(24)21-14-10-6-3-7-11-14/h2-11H,1H3,(H,20,23)(H2,19,21,22,24). The van der Waals surface area contributed by atoms with E-state index in [0.717, 1.165) is 11.3 Å². The van der Waals surface area contributed by atoms with Crippen LogP contribution in [0.2, 0.25) is 0 Å². The second-order valence-electron chi connectivity index (χ2n) is 5.20. The Kier molecular flexibility index (Phi) is 5.06. The molecular weight excluding hydrogens is 336 g/mol. The first kappa shape index (κ1) is 16.7. The molecule has 0 spiro atoms. The van der Waals surface area contributed by atoms with E-state index in [2.05, 4.69) is 20.9 Å². The lowest BCUT2D eigenvalue weighted by atomic mass is 10.3. The third kappa shape index (κ3) is 4.42. The van der Waals surface area contributed by atoms with E-state index in [4.69, 9.17) is 0 Å². The van der Waals surface area contributed by atoms with E-state index >= 15 is 0 Å². The fourth-order valence-electron chi connectivity index (χ4n) is 2.15. The molecule has 3 N–H and O–H groups in total. The number of urea groups is 1. The van der Waals surface area contributed by atoms with Crippen molar-refractivity contribution in [2.75, 3.05) is 16.0 Å². The normalized spacial score (nSPS) is 10.1. The first-order chi connectivity index (χ1) is 12.1. The van der Waals surface area contributed by atoms with Crippen molar-refractivity contribution in [2.24, 2.45) is 0 Å². The van der Waals surface area contributed by atoms with Gasteiger partial charge in [-0.05, 0) is 31.2 Å². The molecule has 3 amide bonds. The van der Waals surface area contributed by atoms with Crippen LogP contribution < -0.4 is 16.0 Å². The molecular formula is C18H16N4O2S. The van der Waals surface area contributed by atoms with Crippen LogP contribution in [0.15, 0.2) is 60.7 Å². The van der Waals surface area contributed by atoms with Crippen molar-refractivity contribution in [3.8, 4) is 0 Å². The highest BCUT2D eigenvalue weighted by atomic mass is 32.1. The van der Waals surface area contributed by atoms with E-state index in [1.807, 2.05) is 36.4 Å². The molecule has 0 radical (unpaired) electrons. The van der Waals surface area contributed by atoms with Crippen molar-refractivity contribution in [1.82, 2.24) is 4.98 Å². The van der Waals surface area contributed by atoms with Gasteiger partial charge in [0, 0.05) is 11.4 Å². The number of nitrogens with zero attached hydrogens (tertiary/aromatic N) is 1. The number of carbonyl (C=O) groups excluding carboxylic acids is 2. The van der Waals surface area contributed by atoms with Crippen molar-refractivity contribution >= 4 is 39.8 Å². The van der Waals surface area contributed by atoms with Crippen LogP contribution in [0.4, 0.5) is 21.3 Å². The number of nitrogens with one attached hydrogen (secondary N) is 3. The van der Waals surface area contributed by atoms with Crippen LogP contribution in [0.5, 0.6) is 0 Å². The van der Waals surface area contributed by atoms with E-state index in [0.29, 0.717) is 27.1 Å². The number of rotatable bonds is 4. The highest BCUT2D eigenvalue weighted by Crippen LogP contribution is 2.24. The Hall–Kier alpha value is -3.19. The molecule has 2 aromatic carbocycles. The highest BCUT2D eigenvalue weighted by molar-refractivity contribution is 7.17. The summed E-state index contributed by atoms with van der Waals surface area (Å²) in [4.78, 5) is 29.1. The van der Waals surface area contributed by atoms with Gasteiger partial charge in [-0.3, -0.25) is 10.1 Å². The monoisotopic (exact) mass is 352 g/mol. The molecule has 0 saturated carbocycles. The number of amides is 3. The second-order valence-corrected chi connectivity index (χ2v) is 6.20. The molecule has 0 saturated heterocycles. The Morgan fingerprint density at radius 2 is 1.40 bits per heavy atom. The van der Waals surface area contributed by atoms with Crippen molar-refractivity contribution < 1.29 is 9.59 Å². The fraction of sp³-hybridized carbons (Fsp3) is 0.0556. The zero-order valence-corrected chi connectivity index (χ0v) is 14.3. The Morgan fingerprint density at radius 1 is 0.840 bits per heavy atom. The maximum Gasteiger partial charge on any atom is 0.325 e. The largest absolute Gasteiger partial charge is 0.325 e. The minimum atomic E-state index is -0.407. The minimum absolute atomic E-state index is 0.252. The predicted molar refractivity (Wildman–Crippen MR) is 100 cm³/mol. The number of benzene rings is 2. The smallest absolute Gasteiger partial charge is 0.321 e. The summed E-state index contributed by atoms with van der Waals surface area (Å²) in [5.41, 5.74) is 1.94. The van der Waals surface area contributed by atoms with Crippen LogP contribution in [-0.2, 0) is 0 Å². The number of thiazole rings is 1. The summed E-state index contributed by atoms with van der Waals surface area (Å²) >= 11 is 1.13. The fourth-order valence-corrected chi connectivity index (χ4v) is 3.01. The van der Waals surface area contributed by atoms with Crippen molar-refractivity contribution in [2.45, 2.75) is 6.92 Å². The third-order valence-electron chi connectivity index (χ3n) is 3.29. The number of hydrogen-bond donors (Lipinski definition) is 3. The summed E-state index contributed by atoms with van der Waals surface area (Å²) in [6.07, 6.45) is 0. The zero-order chi connectivity index (χ0) is 17.6. The third-order valence-corrected chi connectivity index (χ3v) is 4.36. The lowest BCUT2D eigenvalue weighted by Gasteiger charge is -2.04. The van der Waals surface area contributed by atoms with Crippen LogP contribution >= 0.6 is 11.3 Å². The second kappa shape index (κ2) is 7.59. The molecule has 3 aromatic rings. The number of anilines is 3. The summed E-state index contributed by atoms with van der Waals surface area (Å²) in [7, 11) is 0. The van der Waals surface area contributed by atoms with Crippen molar-refractivity contribution in [1.29, 1.82) is 0 Å². The minimum Gasteiger partial charge on any atom is -0.321 e. The molecule has 0 fully saturated rings. The van der Waals surface area contributed by atoms with Gasteiger partial charge >= 0.3 is 6.03 Å². The van der Waals surface area contributed by atoms with Gasteiger partial charge < -0.3 is 10.6 Å². The molecule has 25 heavy (non-hydrogen) atoms. The van der Waals surface area contributed by atoms with Gasteiger partial charge in [0.15, 0.2) is 5.13 Å². The maximum absolute atomic E-state index is 12.4. The van der Waals surface area contributed by atoms with E-state index < -0.39 is 6.03 Å². The summed E-state index contributed by atoms with van der Waals surface area (Å²) in [5, 5.41) is 8.53. The summed E-state index contributed by atoms with van der Waals surface area (Å²) in [6, 6.07) is 17.9. The summed E-state index contributed by atoms with van der Waals surface area (Å²) in [6.45, 7) is 1.73. The Bertz CT molecular complexity index is 879. The van der Waals surface area contributed by atoms with Gasteiger partial charge in [0.25, 0.3) is 5.91 Å². The molecule has 0 aliphatic rings. The van der Waals surface area contributed by atoms with E-state index in [-0.39, 0.29) is 5.91 Å². The zero-order valence-electron chi connectivity index (χ0n) is 13.4. The lowest BCUT2D eigenvalue weighted by molar-refractivity contribution is 0.103. The van der Waals surface area contributed by atoms with Gasteiger partial charge in [0.2, 0.25) is 0 Å². The van der Waals surface area contributed by atoms with Gasteiger partial charge in [0.1, 0.15) is 4.88 Å². The van der Waals surface area contributed by atoms with Gasteiger partial charge in [-0.15, -0.1) is 0 Å². The summed E-state index contributed by atoms with van der Waals surface area (Å²) in [5.74, 6) is -0.252. The maximum atomic E-state index is 12.4. The van der Waals surface area contributed by atoms with E-state index in [9.17, 15) is 9.59 Å². The van der Waals surface area contributed by atoms with Crippen molar-refractivity contribution in [3.63, 3.8) is 0 Å². The molecule has 7 heteroatoms. The number of para-hydroxylation sites is 2. The van der Waals surface area contributed by atoms with E-state index in [1.165, 1.54) is 0 Å². The number of hydrogen-bond acceptors (Lipinski definition) is 4. The molecule has 126 valence electrons. The SMILES string of the molecule is Cc1nc(NC(=O)Nc2ccccc2)sc1C(=O)Nc1ccccc1. The average molecular weight is 352 g/mol. The van der Waals surface area contributed by atoms with Crippen LogP contribution in [0, 0.1) is 6.92 Å². The quantitative estimate of drug-likeness (QED) is 0.653. The molecule has 6 nitrogen and oxygen atoms in total. The van der Waals surface area contributed by atoms with Crippen LogP contribution in [0.3, 0.4) is 0 Å². The highest BCUT2D eigenvalue weighted by Gasteiger charge is 2.16. The van der Waals surface area contributed by atoms with Crippen LogP contribution in [0.25, 0.3) is 0 Å². The molecule has 1 aromatic heterocycles. The molecule has 1 heterocycles. The van der Waals surface area contributed by atoms with Crippen molar-refractivity contribution in [3.05, 3.63) is 71.2 Å². The predicted octanol–water partition coefficient (Wildman–Crippen LogP) is 4.35. The first-order valence-corrected chi connectivity index (χ1v) is 8.40. The van der Waals surface area contributed by atoms with Gasteiger partial charge in [-0.2, -0.15) is 0 Å². The molecule has 0 aliphatic heterocycles. The molecule has 0 atom stereocenters. The Balaban J connectivity index is 1.65. The Labute approximate surface area is 148 Å². The average Bonchev–Trinajstić information content (AvgIpc) is 2.97. The topological polar surface area (TPSA) is 83.1 Å². The van der Waals surface area contributed by atoms with Crippen LogP contribution in [-0.4, -0.2) is 16.9 Å². The molecule has 0 bridgehead atoms. The lowest BCUT2D eigenvalue weighted by Crippen LogP contribution is -2.19. The van der Waals surface area contributed by atoms with Gasteiger partial charge in [-0.1, -0.05) is 47.7 Å². The summed E-state index contributed by atoms with van der Waals surface area (Å²) < 4.78 is 0. The molecule has 3 rings (SSSR count). The first-order valence-electron chi connectivity index (χ1n) is 7.59. The van der Waals surface area contributed by atoms with Gasteiger partial charge in [0.05, 0.1) is 5.69 Å². The molecule has 0 aliphatic carbocycles. The van der Waals surface area contributed by atoms with E-state index in [1.54, 1.807) is 31.2 Å². The Morgan fingerprint density at radius 3 is 2.00 bits per heavy atom. The van der Waals surface area contributed by atoms with Gasteiger partial charge in [-0.25, -0.2) is 9.78 Å². The number of aryl methyl sites for hydroxylation is 1.